The summed E-state index contributed by atoms with van der Waals surface area (Å²) in [5.74, 6) is 0.212. The molecule has 1 aliphatic carbocycles. The molecule has 1 aliphatic rings. The van der Waals surface area contributed by atoms with Gasteiger partial charge in [0.1, 0.15) is 0 Å². The van der Waals surface area contributed by atoms with Crippen LogP contribution in [0.5, 0.6) is 0 Å². The quantitative estimate of drug-likeness (QED) is 0.786. The van der Waals surface area contributed by atoms with Crippen molar-refractivity contribution in [2.75, 3.05) is 13.2 Å². The second-order valence-corrected chi connectivity index (χ2v) is 5.10. The van der Waals surface area contributed by atoms with Crippen LogP contribution >= 0.6 is 0 Å². The van der Waals surface area contributed by atoms with Gasteiger partial charge in [-0.15, -0.1) is 0 Å². The number of aliphatic hydroxyl groups is 2. The van der Waals surface area contributed by atoms with Crippen LogP contribution in [0.25, 0.3) is 0 Å². The van der Waals surface area contributed by atoms with Gasteiger partial charge in [-0.25, -0.2) is 0 Å². The first-order valence-corrected chi connectivity index (χ1v) is 6.14. The van der Waals surface area contributed by atoms with Crippen molar-refractivity contribution >= 4 is 0 Å². The maximum absolute atomic E-state index is 9.67. The molecular weight excluding hydrogens is 212 g/mol. The minimum absolute atomic E-state index is 0.0346. The number of allylic oxidation sites excluding steroid dienone is 2. The van der Waals surface area contributed by atoms with E-state index in [-0.39, 0.29) is 19.1 Å². The summed E-state index contributed by atoms with van der Waals surface area (Å²) in [7, 11) is 0. The van der Waals surface area contributed by atoms with Gasteiger partial charge < -0.3 is 10.2 Å². The minimum atomic E-state index is -0.402. The van der Waals surface area contributed by atoms with Gasteiger partial charge in [-0.1, -0.05) is 42.0 Å². The molecule has 0 spiro atoms. The average Bonchev–Trinajstić information content (AvgIpc) is 2.40. The van der Waals surface area contributed by atoms with Crippen LogP contribution in [0.4, 0.5) is 0 Å². The Bertz CT molecular complexity index is 391. The van der Waals surface area contributed by atoms with E-state index < -0.39 is 5.41 Å². The summed E-state index contributed by atoms with van der Waals surface area (Å²) in [6.45, 7) is 2.19. The average molecular weight is 232 g/mol. The Morgan fingerprint density at radius 3 is 2.41 bits per heavy atom. The standard InChI is InChI=1S/C15H20O2/c1-12-7-8-15(10-16,11-17)14(9-12)13-5-3-2-4-6-13/h2-7,14,16-17H,8-11H2,1H3. The van der Waals surface area contributed by atoms with E-state index in [1.807, 2.05) is 18.2 Å². The van der Waals surface area contributed by atoms with Gasteiger partial charge >= 0.3 is 0 Å². The van der Waals surface area contributed by atoms with E-state index in [0.717, 1.165) is 12.8 Å². The molecule has 0 aromatic heterocycles. The monoisotopic (exact) mass is 232 g/mol. The van der Waals surface area contributed by atoms with Gasteiger partial charge in [0.05, 0.1) is 13.2 Å². The molecule has 0 heterocycles. The van der Waals surface area contributed by atoms with Crippen LogP contribution in [0.1, 0.15) is 31.2 Å². The van der Waals surface area contributed by atoms with Gasteiger partial charge in [0, 0.05) is 5.41 Å². The van der Waals surface area contributed by atoms with Crippen LogP contribution < -0.4 is 0 Å². The van der Waals surface area contributed by atoms with Crippen molar-refractivity contribution in [1.29, 1.82) is 0 Å². The second kappa shape index (κ2) is 5.03. The Labute approximate surface area is 103 Å². The molecule has 0 saturated heterocycles. The maximum atomic E-state index is 9.67. The molecular formula is C15H20O2. The molecule has 0 radical (unpaired) electrons. The molecule has 0 amide bonds. The summed E-state index contributed by atoms with van der Waals surface area (Å²) in [6, 6.07) is 10.2. The van der Waals surface area contributed by atoms with Crippen LogP contribution in [0.2, 0.25) is 0 Å². The number of hydrogen-bond donors (Lipinski definition) is 2. The predicted octanol–water partition coefficient (Wildman–Crippen LogP) is 2.48. The lowest BCUT2D eigenvalue weighted by Gasteiger charge is -2.41. The summed E-state index contributed by atoms with van der Waals surface area (Å²) in [5.41, 5.74) is 2.15. The molecule has 1 unspecified atom stereocenters. The van der Waals surface area contributed by atoms with Crippen LogP contribution in [0.3, 0.4) is 0 Å². The summed E-state index contributed by atoms with van der Waals surface area (Å²) >= 11 is 0. The van der Waals surface area contributed by atoms with Crippen molar-refractivity contribution in [3.05, 3.63) is 47.5 Å². The molecule has 0 bridgehead atoms. The molecule has 2 N–H and O–H groups in total. The first-order valence-electron chi connectivity index (χ1n) is 6.14. The van der Waals surface area contributed by atoms with Crippen molar-refractivity contribution < 1.29 is 10.2 Å². The molecule has 2 rings (SSSR count). The lowest BCUT2D eigenvalue weighted by molar-refractivity contribution is 0.0282. The molecule has 17 heavy (non-hydrogen) atoms. The summed E-state index contributed by atoms with van der Waals surface area (Å²) in [4.78, 5) is 0. The van der Waals surface area contributed by atoms with Gasteiger partial charge in [0.25, 0.3) is 0 Å². The van der Waals surface area contributed by atoms with Gasteiger partial charge in [0.2, 0.25) is 0 Å². The van der Waals surface area contributed by atoms with Gasteiger partial charge in [-0.3, -0.25) is 0 Å². The van der Waals surface area contributed by atoms with E-state index in [1.165, 1.54) is 11.1 Å². The SMILES string of the molecule is CC1=CCC(CO)(CO)C(c2ccccc2)C1. The fourth-order valence-electron chi connectivity index (χ4n) is 2.70. The normalized spacial score (nSPS) is 23.2. The van der Waals surface area contributed by atoms with Crippen molar-refractivity contribution in [1.82, 2.24) is 0 Å². The molecule has 2 nitrogen and oxygen atoms in total. The van der Waals surface area contributed by atoms with E-state index in [4.69, 9.17) is 0 Å². The van der Waals surface area contributed by atoms with E-state index in [9.17, 15) is 10.2 Å². The molecule has 0 aliphatic heterocycles. The van der Waals surface area contributed by atoms with Crippen molar-refractivity contribution in [3.8, 4) is 0 Å². The lowest BCUT2D eigenvalue weighted by Crippen LogP contribution is -2.38. The van der Waals surface area contributed by atoms with E-state index >= 15 is 0 Å². The molecule has 0 saturated carbocycles. The van der Waals surface area contributed by atoms with E-state index in [0.29, 0.717) is 0 Å². The zero-order chi connectivity index (χ0) is 12.3. The molecule has 1 aromatic rings. The zero-order valence-corrected chi connectivity index (χ0v) is 10.3. The van der Waals surface area contributed by atoms with Crippen LogP contribution in [-0.2, 0) is 0 Å². The summed E-state index contributed by atoms with van der Waals surface area (Å²) in [6.07, 6.45) is 3.82. The number of rotatable bonds is 3. The fraction of sp³-hybridized carbons (Fsp3) is 0.467. The Morgan fingerprint density at radius 2 is 1.82 bits per heavy atom. The van der Waals surface area contributed by atoms with Gasteiger partial charge in [0.15, 0.2) is 0 Å². The second-order valence-electron chi connectivity index (χ2n) is 5.10. The molecule has 92 valence electrons. The first kappa shape index (κ1) is 12.3. The van der Waals surface area contributed by atoms with Crippen LogP contribution in [0, 0.1) is 5.41 Å². The topological polar surface area (TPSA) is 40.5 Å². The third-order valence-corrected chi connectivity index (χ3v) is 3.95. The van der Waals surface area contributed by atoms with Crippen molar-refractivity contribution in [3.63, 3.8) is 0 Å². The summed E-state index contributed by atoms with van der Waals surface area (Å²) in [5, 5.41) is 19.3. The Kier molecular flexibility index (Phi) is 3.65. The molecule has 0 fully saturated rings. The highest BCUT2D eigenvalue weighted by molar-refractivity contribution is 5.27. The highest BCUT2D eigenvalue weighted by Crippen LogP contribution is 2.46. The van der Waals surface area contributed by atoms with Crippen molar-refractivity contribution in [2.45, 2.75) is 25.7 Å². The first-order chi connectivity index (χ1) is 8.22. The largest absolute Gasteiger partial charge is 0.396 e. The number of aliphatic hydroxyl groups excluding tert-OH is 2. The van der Waals surface area contributed by atoms with E-state index in [1.54, 1.807) is 0 Å². The van der Waals surface area contributed by atoms with Gasteiger partial charge in [-0.2, -0.15) is 0 Å². The molecule has 1 atom stereocenters. The smallest absolute Gasteiger partial charge is 0.0518 e. The third kappa shape index (κ3) is 2.28. The van der Waals surface area contributed by atoms with Crippen LogP contribution in [-0.4, -0.2) is 23.4 Å². The minimum Gasteiger partial charge on any atom is -0.396 e. The van der Waals surface area contributed by atoms with Gasteiger partial charge in [-0.05, 0) is 31.2 Å². The van der Waals surface area contributed by atoms with Crippen LogP contribution in [0.15, 0.2) is 42.0 Å². The highest BCUT2D eigenvalue weighted by Gasteiger charge is 2.40. The zero-order valence-electron chi connectivity index (χ0n) is 10.3. The highest BCUT2D eigenvalue weighted by atomic mass is 16.3. The number of benzene rings is 1. The lowest BCUT2D eigenvalue weighted by atomic mass is 9.65. The molecule has 1 aromatic carbocycles. The van der Waals surface area contributed by atoms with E-state index in [2.05, 4.69) is 25.1 Å². The maximum Gasteiger partial charge on any atom is 0.0518 e. The Morgan fingerprint density at radius 1 is 1.18 bits per heavy atom. The Balaban J connectivity index is 2.38. The fourth-order valence-corrected chi connectivity index (χ4v) is 2.70. The van der Waals surface area contributed by atoms with Crippen molar-refractivity contribution in [2.24, 2.45) is 5.41 Å². The Hall–Kier alpha value is -1.12. The summed E-state index contributed by atoms with van der Waals surface area (Å²) < 4.78 is 0. The predicted molar refractivity (Wildman–Crippen MR) is 68.8 cm³/mol. The number of hydrogen-bond acceptors (Lipinski definition) is 2. The molecule has 2 heteroatoms. The third-order valence-electron chi connectivity index (χ3n) is 3.95.